The Balaban J connectivity index is 2.42. The summed E-state index contributed by atoms with van der Waals surface area (Å²) in [4.78, 5) is 36.0. The van der Waals surface area contributed by atoms with Crippen molar-refractivity contribution in [2.24, 2.45) is 0 Å². The third kappa shape index (κ3) is 4.42. The van der Waals surface area contributed by atoms with Crippen molar-refractivity contribution in [3.63, 3.8) is 0 Å². The third-order valence-electron chi connectivity index (χ3n) is 3.15. The summed E-state index contributed by atoms with van der Waals surface area (Å²) in [6, 6.07) is -2.22. The Morgan fingerprint density at radius 1 is 1.21 bits per heavy atom. The lowest BCUT2D eigenvalue weighted by Crippen LogP contribution is -2.52. The van der Waals surface area contributed by atoms with E-state index in [1.54, 1.807) is 18.7 Å². The molecule has 3 amide bonds. The van der Waals surface area contributed by atoms with Crippen LogP contribution in [0.15, 0.2) is 0 Å². The zero-order chi connectivity index (χ0) is 14.4. The number of carboxylic acids is 1. The second-order valence-corrected chi connectivity index (χ2v) is 4.67. The molecule has 0 aliphatic carbocycles. The summed E-state index contributed by atoms with van der Waals surface area (Å²) in [6.45, 7) is 4.71. The Morgan fingerprint density at radius 3 is 2.26 bits per heavy atom. The molecule has 1 aliphatic rings. The quantitative estimate of drug-likeness (QED) is 0.663. The Morgan fingerprint density at radius 2 is 1.79 bits per heavy atom. The summed E-state index contributed by atoms with van der Waals surface area (Å²) in [6.07, 6.45) is 2.26. The molecule has 1 aliphatic heterocycles. The van der Waals surface area contributed by atoms with Gasteiger partial charge in [-0.2, -0.15) is 0 Å². The van der Waals surface area contributed by atoms with Crippen molar-refractivity contribution in [2.75, 3.05) is 13.1 Å². The number of nitrogens with zero attached hydrogens (tertiary/aromatic N) is 1. The van der Waals surface area contributed by atoms with E-state index in [4.69, 9.17) is 5.11 Å². The number of carbonyl (C=O) groups excluding carboxylic acids is 2. The molecule has 1 saturated heterocycles. The highest BCUT2D eigenvalue weighted by Crippen LogP contribution is 2.08. The molecule has 1 rings (SSSR count). The first-order chi connectivity index (χ1) is 8.95. The van der Waals surface area contributed by atoms with Crippen LogP contribution in [-0.2, 0) is 9.59 Å². The smallest absolute Gasteiger partial charge is 0.326 e. The summed E-state index contributed by atoms with van der Waals surface area (Å²) >= 11 is 0. The second-order valence-electron chi connectivity index (χ2n) is 4.67. The highest BCUT2D eigenvalue weighted by Gasteiger charge is 2.25. The largest absolute Gasteiger partial charge is 0.480 e. The van der Waals surface area contributed by atoms with Crippen LogP contribution in [0.3, 0.4) is 0 Å². The van der Waals surface area contributed by atoms with E-state index >= 15 is 0 Å². The van der Waals surface area contributed by atoms with E-state index < -0.39 is 24.1 Å². The maximum absolute atomic E-state index is 11.9. The monoisotopic (exact) mass is 271 g/mol. The summed E-state index contributed by atoms with van der Waals surface area (Å²) in [5, 5.41) is 13.6. The van der Waals surface area contributed by atoms with Gasteiger partial charge < -0.3 is 20.6 Å². The highest BCUT2D eigenvalue weighted by molar-refractivity contribution is 5.88. The molecule has 108 valence electrons. The van der Waals surface area contributed by atoms with E-state index in [1.807, 2.05) is 0 Å². The number of aliphatic carboxylic acids is 1. The normalized spacial score (nSPS) is 17.7. The first kappa shape index (κ1) is 15.3. The van der Waals surface area contributed by atoms with Crippen LogP contribution in [0, 0.1) is 0 Å². The summed E-state index contributed by atoms with van der Waals surface area (Å²) < 4.78 is 0. The van der Waals surface area contributed by atoms with Gasteiger partial charge in [0.25, 0.3) is 0 Å². The molecule has 19 heavy (non-hydrogen) atoms. The van der Waals surface area contributed by atoms with Gasteiger partial charge in [-0.1, -0.05) is 6.92 Å². The van der Waals surface area contributed by atoms with Crippen LogP contribution in [-0.4, -0.2) is 53.1 Å². The number of urea groups is 1. The summed E-state index contributed by atoms with van der Waals surface area (Å²) in [5.41, 5.74) is 0. The fourth-order valence-corrected chi connectivity index (χ4v) is 2.01. The van der Waals surface area contributed by atoms with E-state index in [9.17, 15) is 14.4 Å². The minimum Gasteiger partial charge on any atom is -0.480 e. The molecule has 0 aromatic rings. The lowest BCUT2D eigenvalue weighted by Gasteiger charge is -2.22. The summed E-state index contributed by atoms with van der Waals surface area (Å²) in [7, 11) is 0. The standard InChI is InChI=1S/C12H21N3O4/c1-3-9(11(17)18)14-12(19)13-8(2)10(16)15-6-4-5-7-15/h8-9H,3-7H2,1-2H3,(H,17,18)(H2,13,14,19). The van der Waals surface area contributed by atoms with Crippen molar-refractivity contribution in [3.05, 3.63) is 0 Å². The lowest BCUT2D eigenvalue weighted by atomic mass is 10.2. The fraction of sp³-hybridized carbons (Fsp3) is 0.750. The average molecular weight is 271 g/mol. The maximum atomic E-state index is 11.9. The predicted octanol–water partition coefficient (Wildman–Crippen LogP) is 0.160. The van der Waals surface area contributed by atoms with E-state index in [2.05, 4.69) is 10.6 Å². The topological polar surface area (TPSA) is 98.7 Å². The predicted molar refractivity (Wildman–Crippen MR) is 68.7 cm³/mol. The number of likely N-dealkylation sites (tertiary alicyclic amines) is 1. The summed E-state index contributed by atoms with van der Waals surface area (Å²) in [5.74, 6) is -1.22. The number of hydrogen-bond donors (Lipinski definition) is 3. The molecular formula is C12H21N3O4. The van der Waals surface area contributed by atoms with Gasteiger partial charge in [-0.05, 0) is 26.2 Å². The molecule has 1 heterocycles. The van der Waals surface area contributed by atoms with Crippen molar-refractivity contribution in [2.45, 2.75) is 45.2 Å². The van der Waals surface area contributed by atoms with Crippen molar-refractivity contribution >= 4 is 17.9 Å². The van der Waals surface area contributed by atoms with Crippen molar-refractivity contribution in [1.82, 2.24) is 15.5 Å². The van der Waals surface area contributed by atoms with Crippen LogP contribution < -0.4 is 10.6 Å². The minimum atomic E-state index is -1.09. The van der Waals surface area contributed by atoms with Crippen molar-refractivity contribution < 1.29 is 19.5 Å². The Hall–Kier alpha value is -1.79. The number of amides is 3. The Bertz CT molecular complexity index is 353. The molecule has 1 fully saturated rings. The molecule has 0 spiro atoms. The molecule has 0 aromatic carbocycles. The molecule has 2 unspecified atom stereocenters. The molecule has 7 nitrogen and oxygen atoms in total. The minimum absolute atomic E-state index is 0.129. The number of nitrogens with one attached hydrogen (secondary N) is 2. The van der Waals surface area contributed by atoms with Gasteiger partial charge in [0.05, 0.1) is 0 Å². The average Bonchev–Trinajstić information content (AvgIpc) is 2.88. The third-order valence-corrected chi connectivity index (χ3v) is 3.15. The highest BCUT2D eigenvalue weighted by atomic mass is 16.4. The van der Waals surface area contributed by atoms with Crippen LogP contribution in [0.4, 0.5) is 4.79 Å². The van der Waals surface area contributed by atoms with E-state index in [-0.39, 0.29) is 12.3 Å². The molecule has 2 atom stereocenters. The Labute approximate surface area is 112 Å². The van der Waals surface area contributed by atoms with Gasteiger partial charge >= 0.3 is 12.0 Å². The second kappa shape index (κ2) is 6.96. The molecule has 0 aromatic heterocycles. The molecule has 0 radical (unpaired) electrons. The van der Waals surface area contributed by atoms with Crippen LogP contribution in [0.25, 0.3) is 0 Å². The lowest BCUT2D eigenvalue weighted by molar-refractivity contribution is -0.139. The fourth-order valence-electron chi connectivity index (χ4n) is 2.01. The van der Waals surface area contributed by atoms with Crippen molar-refractivity contribution in [3.8, 4) is 0 Å². The SMILES string of the molecule is CCC(NC(=O)NC(C)C(=O)N1CCCC1)C(=O)O. The Kier molecular flexibility index (Phi) is 5.59. The van der Waals surface area contributed by atoms with E-state index in [0.717, 1.165) is 25.9 Å². The van der Waals surface area contributed by atoms with Gasteiger partial charge in [-0.25, -0.2) is 9.59 Å². The van der Waals surface area contributed by atoms with E-state index in [1.165, 1.54) is 0 Å². The van der Waals surface area contributed by atoms with Crippen molar-refractivity contribution in [1.29, 1.82) is 0 Å². The van der Waals surface area contributed by atoms with E-state index in [0.29, 0.717) is 0 Å². The number of rotatable bonds is 5. The first-order valence-electron chi connectivity index (χ1n) is 6.54. The van der Waals surface area contributed by atoms with Gasteiger partial charge in [-0.3, -0.25) is 4.79 Å². The molecule has 0 saturated carbocycles. The van der Waals surface area contributed by atoms with Crippen LogP contribution in [0.5, 0.6) is 0 Å². The van der Waals surface area contributed by atoms with Gasteiger partial charge in [-0.15, -0.1) is 0 Å². The number of hydrogen-bond acceptors (Lipinski definition) is 3. The number of carbonyl (C=O) groups is 3. The van der Waals surface area contributed by atoms with Crippen LogP contribution in [0.2, 0.25) is 0 Å². The number of carboxylic acid groups (broad SMARTS) is 1. The zero-order valence-electron chi connectivity index (χ0n) is 11.3. The van der Waals surface area contributed by atoms with Gasteiger partial charge in [0, 0.05) is 13.1 Å². The van der Waals surface area contributed by atoms with Gasteiger partial charge in [0.15, 0.2) is 0 Å². The van der Waals surface area contributed by atoms with Crippen LogP contribution in [0.1, 0.15) is 33.1 Å². The van der Waals surface area contributed by atoms with Gasteiger partial charge in [0.2, 0.25) is 5.91 Å². The van der Waals surface area contributed by atoms with Crippen LogP contribution >= 0.6 is 0 Å². The zero-order valence-corrected chi connectivity index (χ0v) is 11.3. The first-order valence-corrected chi connectivity index (χ1v) is 6.54. The maximum Gasteiger partial charge on any atom is 0.326 e. The molecule has 0 bridgehead atoms. The van der Waals surface area contributed by atoms with Gasteiger partial charge in [0.1, 0.15) is 12.1 Å². The molecular weight excluding hydrogens is 250 g/mol. The molecule has 7 heteroatoms. The molecule has 3 N–H and O–H groups in total.